The summed E-state index contributed by atoms with van der Waals surface area (Å²) in [5.41, 5.74) is 3.01. The minimum Gasteiger partial charge on any atom is -0.495 e. The number of thiazole rings is 1. The van der Waals surface area contributed by atoms with Crippen LogP contribution >= 0.6 is 22.9 Å². The lowest BCUT2D eigenvalue weighted by atomic mass is 10.2. The van der Waals surface area contributed by atoms with Crippen molar-refractivity contribution in [1.82, 2.24) is 4.98 Å². The number of aryl methyl sites for hydroxylation is 1. The van der Waals surface area contributed by atoms with Crippen LogP contribution in [0.15, 0.2) is 35.7 Å². The van der Waals surface area contributed by atoms with Crippen molar-refractivity contribution in [3.05, 3.63) is 52.0 Å². The number of nitrogens with zero attached hydrogens (tertiary/aromatic N) is 1. The van der Waals surface area contributed by atoms with Gasteiger partial charge in [0.2, 0.25) is 5.91 Å². The number of methoxy groups -OCH3 is 3. The Kier molecular flexibility index (Phi) is 6.61. The van der Waals surface area contributed by atoms with E-state index >= 15 is 0 Å². The first-order valence-electron chi connectivity index (χ1n) is 8.76. The summed E-state index contributed by atoms with van der Waals surface area (Å²) < 4.78 is 15.9. The smallest absolute Gasteiger partial charge is 0.230 e. The number of nitrogens with one attached hydrogen (secondary N) is 1. The molecule has 0 radical (unpaired) electrons. The van der Waals surface area contributed by atoms with Crippen molar-refractivity contribution in [2.75, 3.05) is 26.6 Å². The summed E-state index contributed by atoms with van der Waals surface area (Å²) in [7, 11) is 4.72. The third-order valence-corrected chi connectivity index (χ3v) is 5.63. The van der Waals surface area contributed by atoms with Gasteiger partial charge in [0, 0.05) is 22.0 Å². The number of carbonyl (C=O) groups excluding carboxylic acids is 1. The zero-order valence-electron chi connectivity index (χ0n) is 16.5. The Morgan fingerprint density at radius 1 is 1.07 bits per heavy atom. The van der Waals surface area contributed by atoms with Crippen molar-refractivity contribution in [2.45, 2.75) is 13.3 Å². The van der Waals surface area contributed by atoms with Gasteiger partial charge in [0.1, 0.15) is 10.8 Å². The Bertz CT molecular complexity index is 1040. The number of hydrogen-bond acceptors (Lipinski definition) is 6. The van der Waals surface area contributed by atoms with Crippen molar-refractivity contribution in [3.63, 3.8) is 0 Å². The maximum absolute atomic E-state index is 12.5. The highest BCUT2D eigenvalue weighted by molar-refractivity contribution is 7.13. The fourth-order valence-corrected chi connectivity index (χ4v) is 3.75. The van der Waals surface area contributed by atoms with E-state index in [4.69, 9.17) is 25.8 Å². The molecule has 152 valence electrons. The van der Waals surface area contributed by atoms with Gasteiger partial charge in [-0.1, -0.05) is 11.6 Å². The minimum absolute atomic E-state index is 0.147. The lowest BCUT2D eigenvalue weighted by Gasteiger charge is -2.12. The van der Waals surface area contributed by atoms with Gasteiger partial charge in [-0.05, 0) is 36.8 Å². The fourth-order valence-electron chi connectivity index (χ4n) is 2.78. The number of aromatic nitrogens is 1. The molecule has 0 atom stereocenters. The molecule has 0 aliphatic carbocycles. The van der Waals surface area contributed by atoms with E-state index in [-0.39, 0.29) is 12.3 Å². The summed E-state index contributed by atoms with van der Waals surface area (Å²) in [4.78, 5) is 17.1. The molecule has 0 unspecified atom stereocenters. The van der Waals surface area contributed by atoms with Crippen LogP contribution in [-0.2, 0) is 11.2 Å². The van der Waals surface area contributed by atoms with Crippen LogP contribution in [-0.4, -0.2) is 32.2 Å². The van der Waals surface area contributed by atoms with Gasteiger partial charge < -0.3 is 19.5 Å². The van der Waals surface area contributed by atoms with Crippen LogP contribution < -0.4 is 19.5 Å². The monoisotopic (exact) mass is 432 g/mol. The van der Waals surface area contributed by atoms with Crippen LogP contribution in [0, 0.1) is 6.92 Å². The number of rotatable bonds is 7. The maximum atomic E-state index is 12.5. The number of amides is 1. The normalized spacial score (nSPS) is 10.5. The average Bonchev–Trinajstić information content (AvgIpc) is 3.18. The van der Waals surface area contributed by atoms with Crippen molar-refractivity contribution in [2.24, 2.45) is 0 Å². The Balaban J connectivity index is 1.74. The average molecular weight is 433 g/mol. The van der Waals surface area contributed by atoms with E-state index in [1.54, 1.807) is 26.4 Å². The molecule has 0 aliphatic heterocycles. The molecular formula is C21H21ClN2O4S. The van der Waals surface area contributed by atoms with Gasteiger partial charge in [-0.3, -0.25) is 4.79 Å². The molecule has 3 aromatic rings. The first kappa shape index (κ1) is 21.0. The first-order chi connectivity index (χ1) is 13.9. The highest BCUT2D eigenvalue weighted by atomic mass is 35.5. The van der Waals surface area contributed by atoms with Gasteiger partial charge in [-0.25, -0.2) is 4.98 Å². The maximum Gasteiger partial charge on any atom is 0.230 e. The molecule has 0 spiro atoms. The van der Waals surface area contributed by atoms with Crippen molar-refractivity contribution >= 4 is 34.5 Å². The van der Waals surface area contributed by atoms with Gasteiger partial charge in [-0.2, -0.15) is 0 Å². The highest BCUT2D eigenvalue weighted by Gasteiger charge is 2.14. The van der Waals surface area contributed by atoms with Crippen LogP contribution in [0.5, 0.6) is 17.2 Å². The summed E-state index contributed by atoms with van der Waals surface area (Å²) >= 11 is 7.58. The Morgan fingerprint density at radius 3 is 2.48 bits per heavy atom. The van der Waals surface area contributed by atoms with E-state index < -0.39 is 0 Å². The van der Waals surface area contributed by atoms with Crippen LogP contribution in [0.3, 0.4) is 0 Å². The Hall–Kier alpha value is -2.77. The van der Waals surface area contributed by atoms with Gasteiger partial charge >= 0.3 is 0 Å². The molecule has 0 saturated heterocycles. The molecule has 1 amide bonds. The number of hydrogen-bond donors (Lipinski definition) is 1. The second-order valence-electron chi connectivity index (χ2n) is 6.24. The molecule has 1 N–H and O–H groups in total. The molecule has 6 nitrogen and oxygen atoms in total. The van der Waals surface area contributed by atoms with E-state index in [2.05, 4.69) is 10.3 Å². The molecule has 0 fully saturated rings. The predicted molar refractivity (Wildman–Crippen MR) is 116 cm³/mol. The number of carbonyl (C=O) groups is 1. The van der Waals surface area contributed by atoms with Crippen LogP contribution in [0.2, 0.25) is 5.02 Å². The molecule has 1 aromatic heterocycles. The SMILES string of the molecule is COc1cc(Cl)c(C)cc1NC(=O)Cc1csc(-c2ccc(OC)c(OC)c2)n1. The van der Waals surface area contributed by atoms with Gasteiger partial charge in [0.25, 0.3) is 0 Å². The molecular weight excluding hydrogens is 412 g/mol. The molecule has 0 bridgehead atoms. The minimum atomic E-state index is -0.186. The van der Waals surface area contributed by atoms with E-state index in [1.807, 2.05) is 30.5 Å². The molecule has 1 heterocycles. The van der Waals surface area contributed by atoms with Gasteiger partial charge in [-0.15, -0.1) is 11.3 Å². The largest absolute Gasteiger partial charge is 0.495 e. The standard InChI is InChI=1S/C21H21ClN2O4S/c1-12-7-16(18(27-3)10-15(12)22)24-20(25)9-14-11-29-21(23-14)13-5-6-17(26-2)19(8-13)28-4/h5-8,10-11H,9H2,1-4H3,(H,24,25). The lowest BCUT2D eigenvalue weighted by molar-refractivity contribution is -0.115. The quantitative estimate of drug-likeness (QED) is 0.570. The van der Waals surface area contributed by atoms with Crippen LogP contribution in [0.25, 0.3) is 10.6 Å². The van der Waals surface area contributed by atoms with Crippen molar-refractivity contribution in [1.29, 1.82) is 0 Å². The zero-order chi connectivity index (χ0) is 21.0. The summed E-state index contributed by atoms with van der Waals surface area (Å²) in [6, 6.07) is 9.07. The fraction of sp³-hybridized carbons (Fsp3) is 0.238. The van der Waals surface area contributed by atoms with E-state index in [0.29, 0.717) is 33.7 Å². The molecule has 3 rings (SSSR count). The van der Waals surface area contributed by atoms with Crippen molar-refractivity contribution < 1.29 is 19.0 Å². The topological polar surface area (TPSA) is 69.7 Å². The molecule has 2 aromatic carbocycles. The molecule has 0 saturated carbocycles. The molecule has 8 heteroatoms. The highest BCUT2D eigenvalue weighted by Crippen LogP contribution is 2.34. The first-order valence-corrected chi connectivity index (χ1v) is 10.0. The Morgan fingerprint density at radius 2 is 1.79 bits per heavy atom. The second kappa shape index (κ2) is 9.15. The number of ether oxygens (including phenoxy) is 3. The van der Waals surface area contributed by atoms with Gasteiger partial charge in [0.15, 0.2) is 11.5 Å². The van der Waals surface area contributed by atoms with Crippen LogP contribution in [0.1, 0.15) is 11.3 Å². The second-order valence-corrected chi connectivity index (χ2v) is 7.51. The number of benzene rings is 2. The number of halogens is 1. The third-order valence-electron chi connectivity index (χ3n) is 4.28. The lowest BCUT2D eigenvalue weighted by Crippen LogP contribution is -2.15. The Labute approximate surface area is 178 Å². The van der Waals surface area contributed by atoms with E-state index in [0.717, 1.165) is 16.1 Å². The third kappa shape index (κ3) is 4.81. The summed E-state index contributed by atoms with van der Waals surface area (Å²) in [5.74, 6) is 1.61. The molecule has 29 heavy (non-hydrogen) atoms. The summed E-state index contributed by atoms with van der Waals surface area (Å²) in [6.07, 6.45) is 0.147. The predicted octanol–water partition coefficient (Wildman–Crippen LogP) is 4.98. The summed E-state index contributed by atoms with van der Waals surface area (Å²) in [5, 5.41) is 6.12. The number of anilines is 1. The zero-order valence-corrected chi connectivity index (χ0v) is 18.1. The van der Waals surface area contributed by atoms with Crippen molar-refractivity contribution in [3.8, 4) is 27.8 Å². The summed E-state index contributed by atoms with van der Waals surface area (Å²) in [6.45, 7) is 1.87. The van der Waals surface area contributed by atoms with E-state index in [1.165, 1.54) is 18.4 Å². The van der Waals surface area contributed by atoms with Gasteiger partial charge in [0.05, 0.1) is 39.1 Å². The molecule has 0 aliphatic rings. The van der Waals surface area contributed by atoms with E-state index in [9.17, 15) is 4.79 Å². The van der Waals surface area contributed by atoms with Crippen LogP contribution in [0.4, 0.5) is 5.69 Å².